The molecule has 2 aromatic carbocycles. The van der Waals surface area contributed by atoms with Gasteiger partial charge in [-0.25, -0.2) is 9.59 Å². The number of carbonyl (C=O) groups is 2. The standard InChI is InChI=1S/C32H40N2O7/c1-20-15-28(37-5)26(25-12-14-34(29(20)25)31(36)41-32(2,3)4)17-33-13-11-23(40-24-18-39-19-24)16-27(33)21-7-9-22(10-8-21)30(35)38-6/h7-10,12,14-15,23-24,27H,11,13,16-19H2,1-6H3. The van der Waals surface area contributed by atoms with Crippen molar-refractivity contribution < 1.29 is 33.3 Å². The molecule has 1 aromatic heterocycles. The van der Waals surface area contributed by atoms with Gasteiger partial charge < -0.3 is 23.7 Å². The van der Waals surface area contributed by atoms with Gasteiger partial charge in [0.25, 0.3) is 0 Å². The van der Waals surface area contributed by atoms with Gasteiger partial charge in [0.2, 0.25) is 0 Å². The van der Waals surface area contributed by atoms with Gasteiger partial charge >= 0.3 is 12.1 Å². The summed E-state index contributed by atoms with van der Waals surface area (Å²) < 4.78 is 29.7. The molecular weight excluding hydrogens is 524 g/mol. The molecule has 2 unspecified atom stereocenters. The first-order chi connectivity index (χ1) is 19.6. The van der Waals surface area contributed by atoms with Crippen LogP contribution >= 0.6 is 0 Å². The van der Waals surface area contributed by atoms with Crippen LogP contribution in [0.5, 0.6) is 5.75 Å². The van der Waals surface area contributed by atoms with Crippen LogP contribution in [0.2, 0.25) is 0 Å². The molecular formula is C32H40N2O7. The maximum atomic E-state index is 13.1. The fourth-order valence-corrected chi connectivity index (χ4v) is 5.74. The van der Waals surface area contributed by atoms with Crippen molar-refractivity contribution in [3.8, 4) is 5.75 Å². The fourth-order valence-electron chi connectivity index (χ4n) is 5.74. The molecule has 2 fully saturated rings. The first-order valence-electron chi connectivity index (χ1n) is 14.1. The Morgan fingerprint density at radius 2 is 1.78 bits per heavy atom. The number of ether oxygens (including phenoxy) is 5. The Morgan fingerprint density at radius 1 is 1.05 bits per heavy atom. The number of hydrogen-bond acceptors (Lipinski definition) is 8. The lowest BCUT2D eigenvalue weighted by Gasteiger charge is -2.42. The van der Waals surface area contributed by atoms with Crippen LogP contribution in [0.1, 0.15) is 66.7 Å². The third kappa shape index (κ3) is 6.27. The quantitative estimate of drug-likeness (QED) is 0.340. The van der Waals surface area contributed by atoms with Crippen LogP contribution in [0.15, 0.2) is 42.6 Å². The van der Waals surface area contributed by atoms with E-state index in [4.69, 9.17) is 23.7 Å². The van der Waals surface area contributed by atoms with E-state index in [0.29, 0.717) is 25.3 Å². The molecule has 41 heavy (non-hydrogen) atoms. The molecule has 0 radical (unpaired) electrons. The molecule has 9 heteroatoms. The van der Waals surface area contributed by atoms with Crippen molar-refractivity contribution in [3.63, 3.8) is 0 Å². The number of fused-ring (bicyclic) bond motifs is 1. The van der Waals surface area contributed by atoms with Crippen LogP contribution in [-0.2, 0) is 25.5 Å². The van der Waals surface area contributed by atoms with E-state index in [1.165, 1.54) is 7.11 Å². The summed E-state index contributed by atoms with van der Waals surface area (Å²) in [7, 11) is 3.07. The monoisotopic (exact) mass is 564 g/mol. The molecule has 3 heterocycles. The van der Waals surface area contributed by atoms with Gasteiger partial charge in [-0.3, -0.25) is 9.47 Å². The number of nitrogens with zero attached hydrogens (tertiary/aromatic N) is 2. The molecule has 220 valence electrons. The molecule has 0 N–H and O–H groups in total. The van der Waals surface area contributed by atoms with Crippen molar-refractivity contribution in [2.45, 2.75) is 70.9 Å². The van der Waals surface area contributed by atoms with E-state index in [0.717, 1.165) is 52.7 Å². The van der Waals surface area contributed by atoms with Crippen LogP contribution in [0.4, 0.5) is 4.79 Å². The van der Waals surface area contributed by atoms with Crippen molar-refractivity contribution in [3.05, 3.63) is 64.8 Å². The summed E-state index contributed by atoms with van der Waals surface area (Å²) in [6, 6.07) is 11.6. The van der Waals surface area contributed by atoms with Crippen LogP contribution in [0.25, 0.3) is 10.9 Å². The third-order valence-electron chi connectivity index (χ3n) is 7.78. The second kappa shape index (κ2) is 11.8. The van der Waals surface area contributed by atoms with E-state index in [9.17, 15) is 9.59 Å². The highest BCUT2D eigenvalue weighted by atomic mass is 16.6. The van der Waals surface area contributed by atoms with Crippen molar-refractivity contribution in [2.24, 2.45) is 0 Å². The number of esters is 1. The smallest absolute Gasteiger partial charge is 0.419 e. The first-order valence-corrected chi connectivity index (χ1v) is 14.1. The van der Waals surface area contributed by atoms with Crippen molar-refractivity contribution in [2.75, 3.05) is 34.0 Å². The highest BCUT2D eigenvalue weighted by molar-refractivity contribution is 5.95. The van der Waals surface area contributed by atoms with Gasteiger partial charge in [-0.2, -0.15) is 0 Å². The molecule has 0 bridgehead atoms. The summed E-state index contributed by atoms with van der Waals surface area (Å²) in [6.07, 6.45) is 3.33. The van der Waals surface area contributed by atoms with E-state index in [2.05, 4.69) is 4.90 Å². The summed E-state index contributed by atoms with van der Waals surface area (Å²) in [4.78, 5) is 27.6. The number of aromatic nitrogens is 1. The van der Waals surface area contributed by atoms with Crippen LogP contribution in [0, 0.1) is 6.92 Å². The van der Waals surface area contributed by atoms with E-state index >= 15 is 0 Å². The molecule has 0 spiro atoms. The van der Waals surface area contributed by atoms with Crippen molar-refractivity contribution in [1.82, 2.24) is 9.47 Å². The number of methoxy groups -OCH3 is 2. The number of piperidine rings is 1. The van der Waals surface area contributed by atoms with Gasteiger partial charge in [-0.05, 0) is 75.9 Å². The predicted octanol–water partition coefficient (Wildman–Crippen LogP) is 5.65. The number of benzene rings is 2. The molecule has 2 saturated heterocycles. The van der Waals surface area contributed by atoms with Gasteiger partial charge in [0, 0.05) is 36.3 Å². The van der Waals surface area contributed by atoms with E-state index < -0.39 is 11.7 Å². The molecule has 5 rings (SSSR count). The van der Waals surface area contributed by atoms with Crippen LogP contribution in [0.3, 0.4) is 0 Å². The lowest BCUT2D eigenvalue weighted by molar-refractivity contribution is -0.167. The number of rotatable bonds is 7. The summed E-state index contributed by atoms with van der Waals surface area (Å²) in [5.74, 6) is 0.422. The zero-order valence-electron chi connectivity index (χ0n) is 24.8. The zero-order valence-corrected chi connectivity index (χ0v) is 24.8. The molecule has 2 aliphatic rings. The van der Waals surface area contributed by atoms with Gasteiger partial charge in [0.05, 0.1) is 44.6 Å². The normalized spacial score (nSPS) is 20.0. The Labute approximate surface area is 241 Å². The molecule has 0 amide bonds. The molecule has 0 saturated carbocycles. The topological polar surface area (TPSA) is 88.5 Å². The lowest BCUT2D eigenvalue weighted by Crippen LogP contribution is -2.44. The molecule has 9 nitrogen and oxygen atoms in total. The summed E-state index contributed by atoms with van der Waals surface area (Å²) in [5.41, 5.74) is 3.77. The molecule has 3 aromatic rings. The van der Waals surface area contributed by atoms with Gasteiger partial charge in [-0.15, -0.1) is 0 Å². The largest absolute Gasteiger partial charge is 0.496 e. The minimum Gasteiger partial charge on any atom is -0.496 e. The Hall–Kier alpha value is -3.40. The van der Waals surface area contributed by atoms with E-state index in [-0.39, 0.29) is 24.2 Å². The Morgan fingerprint density at radius 3 is 2.39 bits per heavy atom. The molecule has 2 aliphatic heterocycles. The number of hydrogen-bond donors (Lipinski definition) is 0. The first kappa shape index (κ1) is 29.1. The van der Waals surface area contributed by atoms with Gasteiger partial charge in [0.1, 0.15) is 17.5 Å². The molecule has 0 aliphatic carbocycles. The SMILES string of the molecule is COC(=O)c1ccc(C2CC(OC3COC3)CCN2Cc2c(OC)cc(C)c3c2ccn3C(=O)OC(C)(C)C)cc1. The van der Waals surface area contributed by atoms with Gasteiger partial charge in [0.15, 0.2) is 0 Å². The zero-order chi connectivity index (χ0) is 29.3. The summed E-state index contributed by atoms with van der Waals surface area (Å²) in [5, 5.41) is 0.956. The maximum absolute atomic E-state index is 13.1. The second-order valence-corrected chi connectivity index (χ2v) is 11.8. The minimum atomic E-state index is -0.606. The predicted molar refractivity (Wildman–Crippen MR) is 155 cm³/mol. The minimum absolute atomic E-state index is 0.0513. The number of aryl methyl sites for hydroxylation is 1. The lowest BCUT2D eigenvalue weighted by atomic mass is 9.91. The number of likely N-dealkylation sites (tertiary alicyclic amines) is 1. The Balaban J connectivity index is 1.49. The van der Waals surface area contributed by atoms with Crippen LogP contribution < -0.4 is 4.74 Å². The summed E-state index contributed by atoms with van der Waals surface area (Å²) >= 11 is 0. The Bertz CT molecular complexity index is 1400. The highest BCUT2D eigenvalue weighted by Crippen LogP contribution is 2.39. The second-order valence-electron chi connectivity index (χ2n) is 11.8. The Kier molecular flexibility index (Phi) is 8.40. The van der Waals surface area contributed by atoms with Crippen molar-refractivity contribution in [1.29, 1.82) is 0 Å². The molecule has 2 atom stereocenters. The third-order valence-corrected chi connectivity index (χ3v) is 7.78. The number of carbonyl (C=O) groups excluding carboxylic acids is 2. The summed E-state index contributed by atoms with van der Waals surface area (Å²) in [6.45, 7) is 10.3. The fraction of sp³-hybridized carbons (Fsp3) is 0.500. The van der Waals surface area contributed by atoms with Gasteiger partial charge in [-0.1, -0.05) is 12.1 Å². The van der Waals surface area contributed by atoms with E-state index in [1.807, 2.05) is 64.1 Å². The maximum Gasteiger partial charge on any atom is 0.419 e. The van der Waals surface area contributed by atoms with Crippen molar-refractivity contribution >= 4 is 23.0 Å². The highest BCUT2D eigenvalue weighted by Gasteiger charge is 2.34. The van der Waals surface area contributed by atoms with Crippen LogP contribution in [-0.4, -0.2) is 73.3 Å². The average molecular weight is 565 g/mol. The van der Waals surface area contributed by atoms with E-state index in [1.54, 1.807) is 17.9 Å². The average Bonchev–Trinajstić information content (AvgIpc) is 3.38.